The van der Waals surface area contributed by atoms with Crippen molar-refractivity contribution in [3.63, 3.8) is 0 Å². The van der Waals surface area contributed by atoms with Crippen molar-refractivity contribution in [2.24, 2.45) is 11.5 Å². The molecule has 1 aromatic carbocycles. The number of rotatable bonds is 4. The van der Waals surface area contributed by atoms with E-state index in [1.54, 1.807) is 38.1 Å². The van der Waals surface area contributed by atoms with Crippen LogP contribution >= 0.6 is 0 Å². The Labute approximate surface area is 96.6 Å². The summed E-state index contributed by atoms with van der Waals surface area (Å²) in [6.07, 6.45) is 0. The molecule has 1 atom stereocenters. The highest BCUT2D eigenvalue weighted by Crippen LogP contribution is 2.18. The Bertz CT molecular complexity index is 438. The van der Waals surface area contributed by atoms with Gasteiger partial charge in [-0.15, -0.1) is 0 Å². The zero-order valence-corrected chi connectivity index (χ0v) is 10.4. The molecule has 0 spiro atoms. The van der Waals surface area contributed by atoms with Crippen LogP contribution in [0.4, 0.5) is 0 Å². The summed E-state index contributed by atoms with van der Waals surface area (Å²) in [5, 5.41) is -0.415. The predicted octanol–water partition coefficient (Wildman–Crippen LogP) is 0.827. The lowest BCUT2D eigenvalue weighted by Gasteiger charge is -2.11. The zero-order chi connectivity index (χ0) is 12.3. The van der Waals surface area contributed by atoms with Crippen LogP contribution < -0.4 is 11.5 Å². The summed E-state index contributed by atoms with van der Waals surface area (Å²) in [6, 6.07) is 6.36. The van der Waals surface area contributed by atoms with Gasteiger partial charge >= 0.3 is 0 Å². The molecule has 90 valence electrons. The van der Waals surface area contributed by atoms with Crippen LogP contribution in [0.1, 0.15) is 25.5 Å². The molecule has 0 saturated carbocycles. The standard InChI is InChI=1S/C11H18N2O2S/c1-8(2)16(14,15)10-5-3-9(4-6-10)11(13)7-12/h3-6,8,11H,7,12-13H2,1-2H3. The first-order valence-corrected chi connectivity index (χ1v) is 6.73. The first-order valence-electron chi connectivity index (χ1n) is 5.19. The molecule has 1 aromatic rings. The van der Waals surface area contributed by atoms with Crippen molar-refractivity contribution in [2.45, 2.75) is 30.0 Å². The van der Waals surface area contributed by atoms with E-state index in [1.807, 2.05) is 0 Å². The maximum atomic E-state index is 11.8. The average molecular weight is 242 g/mol. The van der Waals surface area contributed by atoms with E-state index in [2.05, 4.69) is 0 Å². The molecule has 0 saturated heterocycles. The second-order valence-electron chi connectivity index (χ2n) is 4.00. The van der Waals surface area contributed by atoms with Crippen molar-refractivity contribution in [3.05, 3.63) is 29.8 Å². The molecule has 16 heavy (non-hydrogen) atoms. The van der Waals surface area contributed by atoms with Gasteiger partial charge in [-0.25, -0.2) is 8.42 Å². The first kappa shape index (κ1) is 13.2. The average Bonchev–Trinajstić information content (AvgIpc) is 2.28. The number of benzene rings is 1. The molecule has 0 bridgehead atoms. The Morgan fingerprint density at radius 1 is 1.19 bits per heavy atom. The molecule has 0 aliphatic rings. The van der Waals surface area contributed by atoms with E-state index in [4.69, 9.17) is 11.5 Å². The molecule has 0 aliphatic heterocycles. The highest BCUT2D eigenvalue weighted by Gasteiger charge is 2.18. The molecule has 4 N–H and O–H groups in total. The van der Waals surface area contributed by atoms with E-state index in [-0.39, 0.29) is 6.04 Å². The predicted molar refractivity (Wildman–Crippen MR) is 64.7 cm³/mol. The molecule has 1 unspecified atom stereocenters. The highest BCUT2D eigenvalue weighted by atomic mass is 32.2. The summed E-state index contributed by atoms with van der Waals surface area (Å²) in [5.41, 5.74) is 12.0. The lowest BCUT2D eigenvalue weighted by molar-refractivity contribution is 0.587. The van der Waals surface area contributed by atoms with Gasteiger partial charge in [0.05, 0.1) is 10.1 Å². The van der Waals surface area contributed by atoms with Crippen molar-refractivity contribution in [1.29, 1.82) is 0 Å². The number of nitrogens with two attached hydrogens (primary N) is 2. The van der Waals surface area contributed by atoms with Gasteiger partial charge in [0.15, 0.2) is 9.84 Å². The fourth-order valence-electron chi connectivity index (χ4n) is 1.31. The SMILES string of the molecule is CC(C)S(=O)(=O)c1ccc(C(N)CN)cc1. The Morgan fingerprint density at radius 3 is 2.06 bits per heavy atom. The van der Waals surface area contributed by atoms with Gasteiger partial charge in [-0.3, -0.25) is 0 Å². The fraction of sp³-hybridized carbons (Fsp3) is 0.455. The van der Waals surface area contributed by atoms with E-state index < -0.39 is 15.1 Å². The van der Waals surface area contributed by atoms with E-state index >= 15 is 0 Å². The minimum Gasteiger partial charge on any atom is -0.329 e. The van der Waals surface area contributed by atoms with Gasteiger partial charge in [-0.1, -0.05) is 12.1 Å². The van der Waals surface area contributed by atoms with Crippen LogP contribution in [0.25, 0.3) is 0 Å². The van der Waals surface area contributed by atoms with E-state index in [1.165, 1.54) is 0 Å². The summed E-state index contributed by atoms with van der Waals surface area (Å²) < 4.78 is 23.7. The molecular formula is C11H18N2O2S. The van der Waals surface area contributed by atoms with Gasteiger partial charge in [0, 0.05) is 12.6 Å². The second kappa shape index (κ2) is 4.95. The monoisotopic (exact) mass is 242 g/mol. The highest BCUT2D eigenvalue weighted by molar-refractivity contribution is 7.92. The summed E-state index contributed by atoms with van der Waals surface area (Å²) in [5.74, 6) is 0. The minimum atomic E-state index is -3.20. The topological polar surface area (TPSA) is 86.2 Å². The maximum Gasteiger partial charge on any atom is 0.180 e. The lowest BCUT2D eigenvalue weighted by atomic mass is 10.1. The Kier molecular flexibility index (Phi) is 4.07. The molecule has 0 heterocycles. The van der Waals surface area contributed by atoms with Gasteiger partial charge < -0.3 is 11.5 Å². The quantitative estimate of drug-likeness (QED) is 0.818. The van der Waals surface area contributed by atoms with Crippen LogP contribution in [-0.2, 0) is 9.84 Å². The van der Waals surface area contributed by atoms with Gasteiger partial charge in [-0.2, -0.15) is 0 Å². The van der Waals surface area contributed by atoms with Gasteiger partial charge in [0.25, 0.3) is 0 Å². The first-order chi connectivity index (χ1) is 7.39. The fourth-order valence-corrected chi connectivity index (χ4v) is 2.37. The van der Waals surface area contributed by atoms with Crippen molar-refractivity contribution >= 4 is 9.84 Å². The normalized spacial score (nSPS) is 14.1. The summed E-state index contributed by atoms with van der Waals surface area (Å²) >= 11 is 0. The summed E-state index contributed by atoms with van der Waals surface area (Å²) in [4.78, 5) is 0.329. The molecule has 0 fully saturated rings. The molecule has 5 heteroatoms. The Morgan fingerprint density at radius 2 is 1.69 bits per heavy atom. The van der Waals surface area contributed by atoms with Crippen molar-refractivity contribution in [1.82, 2.24) is 0 Å². The largest absolute Gasteiger partial charge is 0.329 e. The van der Waals surface area contributed by atoms with Crippen molar-refractivity contribution < 1.29 is 8.42 Å². The third-order valence-corrected chi connectivity index (χ3v) is 4.68. The smallest absolute Gasteiger partial charge is 0.180 e. The molecule has 0 aliphatic carbocycles. The Balaban J connectivity index is 3.05. The van der Waals surface area contributed by atoms with Crippen LogP contribution in [0.15, 0.2) is 29.2 Å². The molecular weight excluding hydrogens is 224 g/mol. The lowest BCUT2D eigenvalue weighted by Crippen LogP contribution is -2.21. The molecule has 1 rings (SSSR count). The summed E-state index contributed by atoms with van der Waals surface area (Å²) in [7, 11) is -3.20. The number of hydrogen-bond donors (Lipinski definition) is 2. The molecule has 0 amide bonds. The third-order valence-electron chi connectivity index (χ3n) is 2.51. The molecule has 4 nitrogen and oxygen atoms in total. The van der Waals surface area contributed by atoms with Crippen LogP contribution in [-0.4, -0.2) is 20.2 Å². The van der Waals surface area contributed by atoms with E-state index in [9.17, 15) is 8.42 Å². The van der Waals surface area contributed by atoms with Crippen molar-refractivity contribution in [3.8, 4) is 0 Å². The van der Waals surface area contributed by atoms with Gasteiger partial charge in [0.1, 0.15) is 0 Å². The number of hydrogen-bond acceptors (Lipinski definition) is 4. The minimum absolute atomic E-state index is 0.240. The maximum absolute atomic E-state index is 11.8. The van der Waals surface area contributed by atoms with E-state index in [0.717, 1.165) is 5.56 Å². The van der Waals surface area contributed by atoms with Crippen LogP contribution in [0.2, 0.25) is 0 Å². The van der Waals surface area contributed by atoms with Gasteiger partial charge in [-0.05, 0) is 31.5 Å². The Hall–Kier alpha value is -0.910. The van der Waals surface area contributed by atoms with E-state index in [0.29, 0.717) is 11.4 Å². The molecule has 0 radical (unpaired) electrons. The second-order valence-corrected chi connectivity index (χ2v) is 6.51. The zero-order valence-electron chi connectivity index (χ0n) is 9.55. The number of sulfone groups is 1. The summed E-state index contributed by atoms with van der Waals surface area (Å²) in [6.45, 7) is 3.67. The van der Waals surface area contributed by atoms with Crippen LogP contribution in [0.5, 0.6) is 0 Å². The van der Waals surface area contributed by atoms with Crippen molar-refractivity contribution in [2.75, 3.05) is 6.54 Å². The van der Waals surface area contributed by atoms with Crippen LogP contribution in [0.3, 0.4) is 0 Å². The molecule has 0 aromatic heterocycles. The third kappa shape index (κ3) is 2.61. The van der Waals surface area contributed by atoms with Gasteiger partial charge in [0.2, 0.25) is 0 Å². The van der Waals surface area contributed by atoms with Crippen LogP contribution in [0, 0.1) is 0 Å².